The summed E-state index contributed by atoms with van der Waals surface area (Å²) in [5.74, 6) is -0.278. The van der Waals surface area contributed by atoms with Crippen molar-refractivity contribution in [1.82, 2.24) is 20.6 Å². The van der Waals surface area contributed by atoms with Crippen molar-refractivity contribution in [3.05, 3.63) is 46.0 Å². The molecule has 2 aromatic heterocycles. The monoisotopic (exact) mass is 346 g/mol. The minimum atomic E-state index is -0.139. The summed E-state index contributed by atoms with van der Waals surface area (Å²) < 4.78 is 5.43. The molecule has 0 saturated carbocycles. The van der Waals surface area contributed by atoms with E-state index in [0.29, 0.717) is 37.7 Å². The maximum Gasteiger partial charge on any atom is 0.268 e. The minimum Gasteiger partial charge on any atom is -0.378 e. The highest BCUT2D eigenvalue weighted by molar-refractivity contribution is 5.94. The Labute approximate surface area is 147 Å². The van der Waals surface area contributed by atoms with Crippen molar-refractivity contribution < 1.29 is 14.3 Å². The quantitative estimate of drug-likeness (QED) is 0.548. The molecule has 2 aromatic rings. The van der Waals surface area contributed by atoms with E-state index in [2.05, 4.69) is 20.6 Å². The number of H-pyrrole nitrogens is 2. The lowest BCUT2D eigenvalue weighted by Crippen LogP contribution is -2.31. The molecule has 25 heavy (non-hydrogen) atoms. The van der Waals surface area contributed by atoms with Gasteiger partial charge in [-0.1, -0.05) is 0 Å². The second-order valence-corrected chi connectivity index (χ2v) is 6.07. The molecule has 136 valence electrons. The Morgan fingerprint density at radius 3 is 1.56 bits per heavy atom. The third-order valence-corrected chi connectivity index (χ3v) is 4.32. The van der Waals surface area contributed by atoms with Crippen molar-refractivity contribution in [3.63, 3.8) is 0 Å². The number of aryl methyl sites for hydroxylation is 2. The number of rotatable bonds is 8. The second kappa shape index (κ2) is 8.53. The van der Waals surface area contributed by atoms with Crippen LogP contribution in [0.4, 0.5) is 0 Å². The summed E-state index contributed by atoms with van der Waals surface area (Å²) in [4.78, 5) is 29.9. The molecule has 0 saturated heterocycles. The first-order valence-electron chi connectivity index (χ1n) is 8.35. The van der Waals surface area contributed by atoms with E-state index in [1.54, 1.807) is 0 Å². The third-order valence-electron chi connectivity index (χ3n) is 4.32. The number of amides is 2. The molecule has 2 rings (SSSR count). The van der Waals surface area contributed by atoms with Crippen molar-refractivity contribution >= 4 is 11.8 Å². The molecular weight excluding hydrogens is 320 g/mol. The van der Waals surface area contributed by atoms with Gasteiger partial charge in [0.2, 0.25) is 0 Å². The van der Waals surface area contributed by atoms with Crippen LogP contribution in [0.25, 0.3) is 0 Å². The van der Waals surface area contributed by atoms with Crippen LogP contribution in [0.2, 0.25) is 0 Å². The van der Waals surface area contributed by atoms with Gasteiger partial charge in [-0.3, -0.25) is 9.59 Å². The number of carbonyl (C=O) groups excluding carboxylic acids is 2. The van der Waals surface area contributed by atoms with Crippen LogP contribution in [0, 0.1) is 27.7 Å². The van der Waals surface area contributed by atoms with Gasteiger partial charge in [0.15, 0.2) is 0 Å². The second-order valence-electron chi connectivity index (χ2n) is 6.07. The standard InChI is InChI=1S/C18H26N4O3/c1-11-9-21-15(13(11)3)17(23)19-5-7-25-8-6-20-18(24)16-14(4)12(2)10-22-16/h9-10,21-22H,5-8H2,1-4H3,(H,19,23)(H,20,24). The molecule has 7 heteroatoms. The van der Waals surface area contributed by atoms with Crippen LogP contribution < -0.4 is 10.6 Å². The van der Waals surface area contributed by atoms with Crippen LogP contribution in [0.15, 0.2) is 12.4 Å². The van der Waals surface area contributed by atoms with Crippen LogP contribution in [-0.2, 0) is 4.74 Å². The van der Waals surface area contributed by atoms with E-state index in [1.165, 1.54) is 0 Å². The van der Waals surface area contributed by atoms with Gasteiger partial charge in [-0.25, -0.2) is 0 Å². The Kier molecular flexibility index (Phi) is 6.41. The number of hydrogen-bond acceptors (Lipinski definition) is 3. The highest BCUT2D eigenvalue weighted by Gasteiger charge is 2.12. The maximum absolute atomic E-state index is 12.0. The van der Waals surface area contributed by atoms with Crippen molar-refractivity contribution in [2.45, 2.75) is 27.7 Å². The zero-order valence-corrected chi connectivity index (χ0v) is 15.2. The Balaban J connectivity index is 1.59. The van der Waals surface area contributed by atoms with E-state index < -0.39 is 0 Å². The number of hydrogen-bond donors (Lipinski definition) is 4. The molecule has 2 amide bonds. The van der Waals surface area contributed by atoms with Crippen LogP contribution in [-0.4, -0.2) is 48.1 Å². The van der Waals surface area contributed by atoms with Gasteiger partial charge in [0.1, 0.15) is 11.4 Å². The van der Waals surface area contributed by atoms with Crippen molar-refractivity contribution in [1.29, 1.82) is 0 Å². The topological polar surface area (TPSA) is 99.0 Å². The predicted molar refractivity (Wildman–Crippen MR) is 96.0 cm³/mol. The predicted octanol–water partition coefficient (Wildman–Crippen LogP) is 1.75. The largest absolute Gasteiger partial charge is 0.378 e. The van der Waals surface area contributed by atoms with Gasteiger partial charge in [-0.05, 0) is 49.9 Å². The zero-order valence-electron chi connectivity index (χ0n) is 15.2. The lowest BCUT2D eigenvalue weighted by molar-refractivity contribution is 0.0888. The van der Waals surface area contributed by atoms with Crippen molar-refractivity contribution in [2.75, 3.05) is 26.3 Å². The molecule has 0 radical (unpaired) electrons. The van der Waals surface area contributed by atoms with E-state index in [1.807, 2.05) is 40.1 Å². The maximum atomic E-state index is 12.0. The Bertz CT molecular complexity index is 683. The fourth-order valence-corrected chi connectivity index (χ4v) is 2.41. The van der Waals surface area contributed by atoms with Crippen molar-refractivity contribution in [2.24, 2.45) is 0 Å². The van der Waals surface area contributed by atoms with Gasteiger partial charge >= 0.3 is 0 Å². The first-order chi connectivity index (χ1) is 11.9. The SMILES string of the molecule is Cc1c[nH]c(C(=O)NCCOCCNC(=O)c2[nH]cc(C)c2C)c1C. The average Bonchev–Trinajstić information content (AvgIpc) is 3.09. The van der Waals surface area contributed by atoms with E-state index in [4.69, 9.17) is 4.74 Å². The van der Waals surface area contributed by atoms with E-state index >= 15 is 0 Å². The smallest absolute Gasteiger partial charge is 0.268 e. The minimum absolute atomic E-state index is 0.139. The molecule has 2 heterocycles. The molecule has 0 atom stereocenters. The van der Waals surface area contributed by atoms with E-state index in [9.17, 15) is 9.59 Å². The molecule has 0 fully saturated rings. The van der Waals surface area contributed by atoms with Crippen LogP contribution in [0.1, 0.15) is 43.2 Å². The molecule has 0 unspecified atom stereocenters. The molecule has 0 aliphatic heterocycles. The average molecular weight is 346 g/mol. The van der Waals surface area contributed by atoms with Crippen LogP contribution in [0.5, 0.6) is 0 Å². The molecule has 4 N–H and O–H groups in total. The summed E-state index contributed by atoms with van der Waals surface area (Å²) in [6.45, 7) is 9.34. The number of aromatic nitrogens is 2. The summed E-state index contributed by atoms with van der Waals surface area (Å²) in [6.07, 6.45) is 3.63. The van der Waals surface area contributed by atoms with Gasteiger partial charge in [-0.2, -0.15) is 0 Å². The molecule has 7 nitrogen and oxygen atoms in total. The summed E-state index contributed by atoms with van der Waals surface area (Å²) in [5.41, 5.74) is 5.20. The molecule has 0 aromatic carbocycles. The Hall–Kier alpha value is -2.54. The highest BCUT2D eigenvalue weighted by Crippen LogP contribution is 2.11. The molecule has 0 spiro atoms. The number of carbonyl (C=O) groups is 2. The molecular formula is C18H26N4O3. The molecule has 0 bridgehead atoms. The Morgan fingerprint density at radius 2 is 1.24 bits per heavy atom. The summed E-state index contributed by atoms with van der Waals surface area (Å²) >= 11 is 0. The lowest BCUT2D eigenvalue weighted by Gasteiger charge is -2.08. The Morgan fingerprint density at radius 1 is 0.840 bits per heavy atom. The molecule has 0 aliphatic rings. The summed E-state index contributed by atoms with van der Waals surface area (Å²) in [5, 5.41) is 5.60. The van der Waals surface area contributed by atoms with E-state index in [-0.39, 0.29) is 11.8 Å². The van der Waals surface area contributed by atoms with Gasteiger partial charge < -0.3 is 25.3 Å². The zero-order chi connectivity index (χ0) is 18.4. The van der Waals surface area contributed by atoms with Gasteiger partial charge in [-0.15, -0.1) is 0 Å². The number of nitrogens with one attached hydrogen (secondary N) is 4. The lowest BCUT2D eigenvalue weighted by atomic mass is 10.2. The summed E-state index contributed by atoms with van der Waals surface area (Å²) in [7, 11) is 0. The highest BCUT2D eigenvalue weighted by atomic mass is 16.5. The van der Waals surface area contributed by atoms with Gasteiger partial charge in [0.25, 0.3) is 11.8 Å². The normalized spacial score (nSPS) is 10.7. The van der Waals surface area contributed by atoms with E-state index in [0.717, 1.165) is 22.3 Å². The fourth-order valence-electron chi connectivity index (χ4n) is 2.41. The first kappa shape index (κ1) is 18.8. The fraction of sp³-hybridized carbons (Fsp3) is 0.444. The third kappa shape index (κ3) is 4.73. The summed E-state index contributed by atoms with van der Waals surface area (Å²) in [6, 6.07) is 0. The number of ether oxygens (including phenoxy) is 1. The van der Waals surface area contributed by atoms with Crippen molar-refractivity contribution in [3.8, 4) is 0 Å². The molecule has 0 aliphatic carbocycles. The van der Waals surface area contributed by atoms with Gasteiger partial charge in [0, 0.05) is 25.5 Å². The van der Waals surface area contributed by atoms with Crippen LogP contribution in [0.3, 0.4) is 0 Å². The van der Waals surface area contributed by atoms with Crippen LogP contribution >= 0.6 is 0 Å². The first-order valence-corrected chi connectivity index (χ1v) is 8.35. The number of aromatic amines is 2. The van der Waals surface area contributed by atoms with Gasteiger partial charge in [0.05, 0.1) is 13.2 Å².